The van der Waals surface area contributed by atoms with Gasteiger partial charge in [-0.15, -0.1) is 0 Å². The monoisotopic (exact) mass is 341 g/mol. The summed E-state index contributed by atoms with van der Waals surface area (Å²) >= 11 is 4.62. The van der Waals surface area contributed by atoms with E-state index in [1.807, 2.05) is 24.3 Å². The molecule has 0 spiro atoms. The lowest BCUT2D eigenvalue weighted by atomic mass is 9.94. The van der Waals surface area contributed by atoms with Crippen LogP contribution in [0.5, 0.6) is 0 Å². The highest BCUT2D eigenvalue weighted by molar-refractivity contribution is 7.80. The molecule has 0 bridgehead atoms. The molecular weight excluding hydrogens is 322 g/mol. The molecule has 124 valence electrons. The molecule has 0 amide bonds. The molecule has 2 rings (SSSR count). The van der Waals surface area contributed by atoms with Crippen LogP contribution in [0.25, 0.3) is 0 Å². The highest BCUT2D eigenvalue weighted by Crippen LogP contribution is 2.14. The predicted octanol–water partition coefficient (Wildman–Crippen LogP) is 2.88. The lowest BCUT2D eigenvalue weighted by molar-refractivity contribution is -0.122. The fourth-order valence-corrected chi connectivity index (χ4v) is 2.51. The zero-order chi connectivity index (χ0) is 17.7. The summed E-state index contributed by atoms with van der Waals surface area (Å²) in [4.78, 5) is 24.6. The van der Waals surface area contributed by atoms with Gasteiger partial charge in [-0.1, -0.05) is 48.5 Å². The van der Waals surface area contributed by atoms with Gasteiger partial charge in [-0.3, -0.25) is 9.59 Å². The third-order valence-electron chi connectivity index (χ3n) is 3.84. The van der Waals surface area contributed by atoms with Crippen molar-refractivity contribution in [3.05, 3.63) is 71.3 Å². The van der Waals surface area contributed by atoms with Crippen molar-refractivity contribution in [1.82, 2.24) is 0 Å². The van der Waals surface area contributed by atoms with Gasteiger partial charge in [0.05, 0.1) is 12.0 Å². The van der Waals surface area contributed by atoms with Gasteiger partial charge in [0, 0.05) is 11.1 Å². The van der Waals surface area contributed by atoms with Crippen molar-refractivity contribution >= 4 is 28.8 Å². The second-order valence-corrected chi connectivity index (χ2v) is 6.09. The van der Waals surface area contributed by atoms with Crippen LogP contribution < -0.4 is 5.73 Å². The van der Waals surface area contributed by atoms with E-state index in [0.717, 1.165) is 5.56 Å². The van der Waals surface area contributed by atoms with E-state index in [4.69, 9.17) is 5.73 Å². The van der Waals surface area contributed by atoms with Crippen LogP contribution in [0, 0.1) is 5.92 Å². The fraction of sp³-hybridized carbons (Fsp3) is 0.211. The number of Topliss-reactive ketones (excluding diaryl/α,β-unsaturated/α-hetero) is 1. The molecule has 0 heterocycles. The van der Waals surface area contributed by atoms with Crippen LogP contribution in [-0.4, -0.2) is 27.8 Å². The van der Waals surface area contributed by atoms with Gasteiger partial charge in [0.2, 0.25) is 0 Å². The van der Waals surface area contributed by atoms with E-state index in [2.05, 4.69) is 12.2 Å². The number of thiocarbonyl (C=S) groups is 1. The number of carbonyl (C=O) groups excluding carboxylic acids is 2. The van der Waals surface area contributed by atoms with Gasteiger partial charge in [0.1, 0.15) is 0 Å². The predicted molar refractivity (Wildman–Crippen MR) is 97.4 cm³/mol. The first-order valence-electron chi connectivity index (χ1n) is 7.61. The molecule has 2 aromatic rings. The van der Waals surface area contributed by atoms with Crippen molar-refractivity contribution in [3.63, 3.8) is 0 Å². The number of ketones is 2. The number of rotatable bonds is 7. The van der Waals surface area contributed by atoms with Crippen molar-refractivity contribution in [3.8, 4) is 0 Å². The third-order valence-corrected chi connectivity index (χ3v) is 4.20. The maximum atomic E-state index is 12.5. The van der Waals surface area contributed by atoms with Crippen LogP contribution >= 0.6 is 12.2 Å². The summed E-state index contributed by atoms with van der Waals surface area (Å²) in [6.45, 7) is 1.53. The summed E-state index contributed by atoms with van der Waals surface area (Å²) in [7, 11) is 0. The van der Waals surface area contributed by atoms with Crippen LogP contribution in [0.4, 0.5) is 0 Å². The molecule has 2 aromatic carbocycles. The summed E-state index contributed by atoms with van der Waals surface area (Å²) < 4.78 is 0. The molecular formula is C19H19NO3S. The topological polar surface area (TPSA) is 80.4 Å². The first kappa shape index (κ1) is 18.0. The summed E-state index contributed by atoms with van der Waals surface area (Å²) in [5.74, 6) is -1.17. The Morgan fingerprint density at radius 3 is 2.33 bits per heavy atom. The first-order valence-corrected chi connectivity index (χ1v) is 8.01. The minimum absolute atomic E-state index is 0.0812. The number of benzene rings is 2. The molecule has 0 aliphatic heterocycles. The third kappa shape index (κ3) is 4.34. The van der Waals surface area contributed by atoms with Gasteiger partial charge in [0.15, 0.2) is 16.6 Å². The Balaban J connectivity index is 2.15. The van der Waals surface area contributed by atoms with E-state index in [0.29, 0.717) is 11.1 Å². The van der Waals surface area contributed by atoms with E-state index in [1.165, 1.54) is 6.92 Å². The fourth-order valence-electron chi connectivity index (χ4n) is 2.39. The molecule has 0 fully saturated rings. The number of nitrogens with two attached hydrogens (primary N) is 1. The lowest BCUT2D eigenvalue weighted by Crippen LogP contribution is -2.38. The molecule has 5 heteroatoms. The molecule has 24 heavy (non-hydrogen) atoms. The average Bonchev–Trinajstić information content (AvgIpc) is 2.60. The first-order chi connectivity index (χ1) is 11.4. The normalized spacial score (nSPS) is 13.1. The van der Waals surface area contributed by atoms with Gasteiger partial charge in [0.25, 0.3) is 0 Å². The van der Waals surface area contributed by atoms with Gasteiger partial charge in [-0.25, -0.2) is 0 Å². The standard InChI is InChI=1S/C19H19NO3S/c1-12(19(23)24)17(21)16(20)11-13-6-5-9-15(10-13)18(22)14-7-3-2-4-8-14/h2-10,12,16H,11,20H2,1H3,(H,23,24)/t12?,16-/m0/s1. The number of aliphatic hydroxyl groups excluding tert-OH is 1. The Hall–Kier alpha value is -2.37. The zero-order valence-electron chi connectivity index (χ0n) is 13.3. The van der Waals surface area contributed by atoms with Crippen molar-refractivity contribution in [2.45, 2.75) is 19.4 Å². The van der Waals surface area contributed by atoms with Crippen LogP contribution in [0.3, 0.4) is 0 Å². The van der Waals surface area contributed by atoms with E-state index in [9.17, 15) is 14.7 Å². The maximum Gasteiger partial charge on any atom is 0.193 e. The SMILES string of the molecule is CC(C(=O)[C@@H](N)Cc1cccc(C(=O)c2ccccc2)c1)C(O)=S. The number of hydrogen-bond donors (Lipinski definition) is 2. The van der Waals surface area contributed by atoms with Crippen molar-refractivity contribution < 1.29 is 14.7 Å². The zero-order valence-corrected chi connectivity index (χ0v) is 14.1. The summed E-state index contributed by atoms with van der Waals surface area (Å²) in [6.07, 6.45) is 0.279. The molecule has 0 aliphatic carbocycles. The molecule has 4 nitrogen and oxygen atoms in total. The molecule has 2 atom stereocenters. The minimum atomic E-state index is -0.785. The number of hydrogen-bond acceptors (Lipinski definition) is 4. The van der Waals surface area contributed by atoms with Crippen molar-refractivity contribution in [2.75, 3.05) is 0 Å². The van der Waals surface area contributed by atoms with E-state index < -0.39 is 12.0 Å². The van der Waals surface area contributed by atoms with Crippen LogP contribution in [0.15, 0.2) is 54.6 Å². The second-order valence-electron chi connectivity index (χ2n) is 5.67. The van der Waals surface area contributed by atoms with Gasteiger partial charge in [-0.05, 0) is 37.2 Å². The molecule has 1 unspecified atom stereocenters. The molecule has 0 radical (unpaired) electrons. The Morgan fingerprint density at radius 1 is 1.08 bits per heavy atom. The van der Waals surface area contributed by atoms with Crippen LogP contribution in [0.2, 0.25) is 0 Å². The molecule has 3 N–H and O–H groups in total. The van der Waals surface area contributed by atoms with Gasteiger partial charge >= 0.3 is 0 Å². The summed E-state index contributed by atoms with van der Waals surface area (Å²) in [6, 6.07) is 15.3. The smallest absolute Gasteiger partial charge is 0.193 e. The van der Waals surface area contributed by atoms with Crippen molar-refractivity contribution in [2.24, 2.45) is 11.7 Å². The number of carbonyl (C=O) groups is 2. The van der Waals surface area contributed by atoms with E-state index in [-0.39, 0.29) is 23.0 Å². The van der Waals surface area contributed by atoms with Crippen LogP contribution in [-0.2, 0) is 11.2 Å². The second kappa shape index (κ2) is 7.95. The minimum Gasteiger partial charge on any atom is -0.501 e. The molecule has 0 saturated heterocycles. The van der Waals surface area contributed by atoms with Gasteiger partial charge in [-0.2, -0.15) is 0 Å². The highest BCUT2D eigenvalue weighted by atomic mass is 32.1. The van der Waals surface area contributed by atoms with Crippen LogP contribution in [0.1, 0.15) is 28.4 Å². The average molecular weight is 341 g/mol. The Bertz CT molecular complexity index is 758. The largest absolute Gasteiger partial charge is 0.501 e. The highest BCUT2D eigenvalue weighted by Gasteiger charge is 2.24. The molecule has 0 saturated carbocycles. The quantitative estimate of drug-likeness (QED) is 0.598. The lowest BCUT2D eigenvalue weighted by Gasteiger charge is -2.15. The Labute approximate surface area is 146 Å². The maximum absolute atomic E-state index is 12.5. The van der Waals surface area contributed by atoms with E-state index >= 15 is 0 Å². The Kier molecular flexibility index (Phi) is 5.95. The summed E-state index contributed by atoms with van der Waals surface area (Å²) in [5, 5.41) is 8.90. The molecule has 0 aliphatic rings. The van der Waals surface area contributed by atoms with Crippen molar-refractivity contribution in [1.29, 1.82) is 0 Å². The number of aliphatic hydroxyl groups is 1. The Morgan fingerprint density at radius 2 is 1.71 bits per heavy atom. The molecule has 0 aromatic heterocycles. The van der Waals surface area contributed by atoms with E-state index in [1.54, 1.807) is 30.3 Å². The van der Waals surface area contributed by atoms with Gasteiger partial charge < -0.3 is 10.8 Å². The summed E-state index contributed by atoms with van der Waals surface area (Å²) in [5.41, 5.74) is 7.86.